The summed E-state index contributed by atoms with van der Waals surface area (Å²) in [5.74, 6) is -1.44. The van der Waals surface area contributed by atoms with Gasteiger partial charge in [0, 0.05) is 0 Å². The van der Waals surface area contributed by atoms with E-state index in [1.54, 1.807) is 0 Å². The van der Waals surface area contributed by atoms with Crippen molar-refractivity contribution in [2.24, 2.45) is 0 Å². The van der Waals surface area contributed by atoms with Gasteiger partial charge in [0.05, 0.1) is 0 Å². The van der Waals surface area contributed by atoms with Crippen LogP contribution in [0, 0.1) is 0 Å². The van der Waals surface area contributed by atoms with Gasteiger partial charge in [-0.3, -0.25) is 4.79 Å². The number of aromatic nitrogens is 4. The van der Waals surface area contributed by atoms with Crippen LogP contribution in [0.5, 0.6) is 0 Å². The second-order valence-corrected chi connectivity index (χ2v) is 3.61. The highest BCUT2D eigenvalue weighted by molar-refractivity contribution is 5.83. The van der Waals surface area contributed by atoms with Gasteiger partial charge in [0.15, 0.2) is 0 Å². The summed E-state index contributed by atoms with van der Waals surface area (Å²) in [7, 11) is 0. The molecule has 0 aliphatic carbocycles. The highest BCUT2D eigenvalue weighted by atomic mass is 16.4. The van der Waals surface area contributed by atoms with Crippen LogP contribution in [0.15, 0.2) is 6.33 Å². The zero-order valence-electron chi connectivity index (χ0n) is 9.54. The number of hydrogen-bond acceptors (Lipinski definition) is 5. The molecule has 0 saturated carbocycles. The van der Waals surface area contributed by atoms with Gasteiger partial charge in [0.25, 0.3) is 0 Å². The van der Waals surface area contributed by atoms with Gasteiger partial charge in [-0.25, -0.2) is 9.48 Å². The molecule has 0 aromatic carbocycles. The predicted octanol–water partition coefficient (Wildman–Crippen LogP) is -0.567. The van der Waals surface area contributed by atoms with Crippen molar-refractivity contribution in [2.45, 2.75) is 38.8 Å². The van der Waals surface area contributed by atoms with E-state index in [0.717, 1.165) is 12.8 Å². The van der Waals surface area contributed by atoms with E-state index in [1.165, 1.54) is 11.0 Å². The summed E-state index contributed by atoms with van der Waals surface area (Å²) in [6.07, 6.45) is 3.35. The van der Waals surface area contributed by atoms with Crippen molar-refractivity contribution in [3.8, 4) is 0 Å². The number of aliphatic carboxylic acids is 1. The third-order valence-corrected chi connectivity index (χ3v) is 2.18. The van der Waals surface area contributed by atoms with E-state index in [2.05, 4.69) is 20.8 Å². The Morgan fingerprint density at radius 1 is 1.53 bits per heavy atom. The minimum absolute atomic E-state index is 0.0805. The Morgan fingerprint density at radius 3 is 2.82 bits per heavy atom. The lowest BCUT2D eigenvalue weighted by molar-refractivity contribution is -0.142. The minimum Gasteiger partial charge on any atom is -0.480 e. The molecular weight excluding hydrogens is 226 g/mol. The zero-order chi connectivity index (χ0) is 12.7. The predicted molar refractivity (Wildman–Crippen MR) is 56.9 cm³/mol. The van der Waals surface area contributed by atoms with Gasteiger partial charge in [-0.2, -0.15) is 0 Å². The second kappa shape index (κ2) is 6.56. The largest absolute Gasteiger partial charge is 0.480 e. The first-order chi connectivity index (χ1) is 8.13. The molecule has 8 heteroatoms. The van der Waals surface area contributed by atoms with Crippen molar-refractivity contribution in [3.63, 3.8) is 0 Å². The number of hydrogen-bond donors (Lipinski definition) is 2. The highest BCUT2D eigenvalue weighted by Crippen LogP contribution is 2.00. The fraction of sp³-hybridized carbons (Fsp3) is 0.667. The summed E-state index contributed by atoms with van der Waals surface area (Å²) in [5.41, 5.74) is 0. The number of carboxylic acids is 1. The first-order valence-electron chi connectivity index (χ1n) is 5.36. The molecule has 2 N–H and O–H groups in total. The zero-order valence-corrected chi connectivity index (χ0v) is 9.54. The molecule has 0 fully saturated rings. The fourth-order valence-electron chi connectivity index (χ4n) is 1.31. The average molecular weight is 241 g/mol. The Kier molecular flexibility index (Phi) is 5.05. The van der Waals surface area contributed by atoms with Crippen LogP contribution in [0.2, 0.25) is 0 Å². The molecule has 1 unspecified atom stereocenters. The fourth-order valence-corrected chi connectivity index (χ4v) is 1.31. The lowest BCUT2D eigenvalue weighted by Crippen LogP contribution is -2.42. The molecule has 1 aromatic heterocycles. The minimum atomic E-state index is -1.02. The van der Waals surface area contributed by atoms with Gasteiger partial charge in [-0.15, -0.1) is 5.10 Å². The number of carbonyl (C=O) groups excluding carboxylic acids is 1. The first-order valence-corrected chi connectivity index (χ1v) is 5.36. The van der Waals surface area contributed by atoms with E-state index >= 15 is 0 Å². The van der Waals surface area contributed by atoms with E-state index in [4.69, 9.17) is 5.11 Å². The Hall–Kier alpha value is -1.99. The Balaban J connectivity index is 2.43. The number of nitrogens with zero attached hydrogens (tertiary/aromatic N) is 4. The van der Waals surface area contributed by atoms with Crippen LogP contribution < -0.4 is 5.32 Å². The lowest BCUT2D eigenvalue weighted by atomic mass is 10.1. The molecule has 8 nitrogen and oxygen atoms in total. The number of carboxylic acid groups (broad SMARTS) is 1. The van der Waals surface area contributed by atoms with Crippen LogP contribution in [0.4, 0.5) is 0 Å². The van der Waals surface area contributed by atoms with Gasteiger partial charge < -0.3 is 10.4 Å². The van der Waals surface area contributed by atoms with Gasteiger partial charge in [0.1, 0.15) is 18.9 Å². The smallest absolute Gasteiger partial charge is 0.326 e. The summed E-state index contributed by atoms with van der Waals surface area (Å²) in [6.45, 7) is 1.88. The van der Waals surface area contributed by atoms with E-state index in [9.17, 15) is 9.59 Å². The molecule has 1 aromatic rings. The Bertz CT molecular complexity index is 365. The lowest BCUT2D eigenvalue weighted by Gasteiger charge is -2.13. The summed E-state index contributed by atoms with van der Waals surface area (Å²) in [5, 5.41) is 21.6. The summed E-state index contributed by atoms with van der Waals surface area (Å²) in [4.78, 5) is 22.4. The van der Waals surface area contributed by atoms with Crippen LogP contribution in [0.25, 0.3) is 0 Å². The maximum Gasteiger partial charge on any atom is 0.326 e. The molecule has 0 bridgehead atoms. The monoisotopic (exact) mass is 241 g/mol. The number of tetrazole rings is 1. The van der Waals surface area contributed by atoms with Gasteiger partial charge >= 0.3 is 5.97 Å². The molecule has 1 amide bonds. The van der Waals surface area contributed by atoms with Crippen LogP contribution >= 0.6 is 0 Å². The van der Waals surface area contributed by atoms with Crippen LogP contribution in [0.1, 0.15) is 26.2 Å². The normalized spacial score (nSPS) is 12.1. The number of rotatable bonds is 7. The van der Waals surface area contributed by atoms with Crippen molar-refractivity contribution in [2.75, 3.05) is 0 Å². The quantitative estimate of drug-likeness (QED) is 0.661. The summed E-state index contributed by atoms with van der Waals surface area (Å²) < 4.78 is 1.23. The van der Waals surface area contributed by atoms with Crippen molar-refractivity contribution < 1.29 is 14.7 Å². The van der Waals surface area contributed by atoms with Crippen LogP contribution in [0.3, 0.4) is 0 Å². The SMILES string of the molecule is CCCCC(NC(=O)Cn1cnnn1)C(=O)O. The molecule has 0 aliphatic heterocycles. The maximum absolute atomic E-state index is 11.5. The van der Waals surface area contributed by atoms with E-state index < -0.39 is 17.9 Å². The molecule has 0 spiro atoms. The van der Waals surface area contributed by atoms with Crippen molar-refractivity contribution in [1.82, 2.24) is 25.5 Å². The Morgan fingerprint density at radius 2 is 2.29 bits per heavy atom. The molecule has 0 saturated heterocycles. The van der Waals surface area contributed by atoms with E-state index in [0.29, 0.717) is 6.42 Å². The third-order valence-electron chi connectivity index (χ3n) is 2.18. The van der Waals surface area contributed by atoms with E-state index in [-0.39, 0.29) is 6.54 Å². The van der Waals surface area contributed by atoms with Crippen LogP contribution in [-0.4, -0.2) is 43.2 Å². The Labute approximate surface area is 98.0 Å². The molecule has 17 heavy (non-hydrogen) atoms. The van der Waals surface area contributed by atoms with Crippen LogP contribution in [-0.2, 0) is 16.1 Å². The molecule has 1 rings (SSSR count). The van der Waals surface area contributed by atoms with Gasteiger partial charge in [-0.05, 0) is 16.8 Å². The summed E-state index contributed by atoms with van der Waals surface area (Å²) >= 11 is 0. The number of unbranched alkanes of at least 4 members (excludes halogenated alkanes) is 1. The first kappa shape index (κ1) is 13.1. The van der Waals surface area contributed by atoms with Crippen molar-refractivity contribution in [1.29, 1.82) is 0 Å². The van der Waals surface area contributed by atoms with Gasteiger partial charge in [-0.1, -0.05) is 19.8 Å². The molecule has 1 atom stereocenters. The number of carbonyl (C=O) groups is 2. The maximum atomic E-state index is 11.5. The topological polar surface area (TPSA) is 110 Å². The van der Waals surface area contributed by atoms with Crippen molar-refractivity contribution in [3.05, 3.63) is 6.33 Å². The molecule has 1 heterocycles. The summed E-state index contributed by atoms with van der Waals surface area (Å²) in [6, 6.07) is -0.848. The molecule has 0 radical (unpaired) electrons. The van der Waals surface area contributed by atoms with E-state index in [1.807, 2.05) is 6.92 Å². The van der Waals surface area contributed by atoms with Crippen molar-refractivity contribution >= 4 is 11.9 Å². The second-order valence-electron chi connectivity index (χ2n) is 3.61. The molecule has 0 aliphatic rings. The van der Waals surface area contributed by atoms with Gasteiger partial charge in [0.2, 0.25) is 5.91 Å². The third kappa shape index (κ3) is 4.58. The highest BCUT2D eigenvalue weighted by Gasteiger charge is 2.19. The number of amides is 1. The standard InChI is InChI=1S/C9H15N5O3/c1-2-3-4-7(9(16)17)11-8(15)5-14-6-10-12-13-14/h6-7H,2-5H2,1H3,(H,11,15)(H,16,17). The molecule has 94 valence electrons. The number of nitrogens with one attached hydrogen (secondary N) is 1. The average Bonchev–Trinajstić information content (AvgIpc) is 2.76. The molecular formula is C9H15N5O3.